The van der Waals surface area contributed by atoms with Gasteiger partial charge in [0.15, 0.2) is 0 Å². The van der Waals surface area contributed by atoms with Crippen molar-refractivity contribution < 1.29 is 9.90 Å². The summed E-state index contributed by atoms with van der Waals surface area (Å²) in [4.78, 5) is 12.3. The predicted octanol–water partition coefficient (Wildman–Crippen LogP) is 2.03. The number of aryl methyl sites for hydroxylation is 1. The molecule has 1 saturated heterocycles. The second kappa shape index (κ2) is 7.96. The number of aliphatic hydroxyl groups is 1. The van der Waals surface area contributed by atoms with Crippen LogP contribution in [-0.2, 0) is 11.2 Å². The third-order valence-electron chi connectivity index (χ3n) is 4.78. The van der Waals surface area contributed by atoms with Crippen molar-refractivity contribution in [2.24, 2.45) is 5.92 Å². The van der Waals surface area contributed by atoms with Crippen molar-refractivity contribution >= 4 is 29.1 Å². The smallest absolute Gasteiger partial charge is 0.224 e. The first-order valence-electron chi connectivity index (χ1n) is 8.52. The molecule has 0 bridgehead atoms. The van der Waals surface area contributed by atoms with Gasteiger partial charge in [0.1, 0.15) is 0 Å². The molecule has 1 fully saturated rings. The molecule has 0 radical (unpaired) electrons. The summed E-state index contributed by atoms with van der Waals surface area (Å²) >= 11 is 12.2. The largest absolute Gasteiger partial charge is 0.391 e. The van der Waals surface area contributed by atoms with E-state index in [1.807, 2.05) is 19.9 Å². The average molecular weight is 397 g/mol. The number of β-amino-alcohol motifs (C(OH)–C–C–N with tert-alkyl or cyclic N) is 1. The Morgan fingerprint density at radius 2 is 2.15 bits per heavy atom. The van der Waals surface area contributed by atoms with Gasteiger partial charge in [-0.15, -0.1) is 0 Å². The highest BCUT2D eigenvalue weighted by Crippen LogP contribution is 2.27. The summed E-state index contributed by atoms with van der Waals surface area (Å²) in [6.45, 7) is 5.54. The standard InChI is InChI=1S/C18H22Cl2N4O2/c1-10-14(6-18(26)22-8-12-7-21-9-17(12)25)11(2)24(23-10)16-4-3-13(19)5-15(16)20/h3-5,12,17,21,25H,6-9H2,1-2H3,(H,22,26). The van der Waals surface area contributed by atoms with Gasteiger partial charge in [-0.2, -0.15) is 5.10 Å². The minimum absolute atomic E-state index is 0.0525. The molecule has 1 amide bonds. The van der Waals surface area contributed by atoms with Gasteiger partial charge in [0.25, 0.3) is 0 Å². The summed E-state index contributed by atoms with van der Waals surface area (Å²) in [5, 5.41) is 21.4. The minimum Gasteiger partial charge on any atom is -0.391 e. The SMILES string of the molecule is Cc1nn(-c2ccc(Cl)cc2Cl)c(C)c1CC(=O)NCC1CNCC1O. The van der Waals surface area contributed by atoms with E-state index in [0.29, 0.717) is 29.7 Å². The lowest BCUT2D eigenvalue weighted by molar-refractivity contribution is -0.120. The van der Waals surface area contributed by atoms with Crippen LogP contribution in [0, 0.1) is 19.8 Å². The summed E-state index contributed by atoms with van der Waals surface area (Å²) in [5.74, 6) is -0.0335. The van der Waals surface area contributed by atoms with Gasteiger partial charge in [0.2, 0.25) is 5.91 Å². The quantitative estimate of drug-likeness (QED) is 0.722. The van der Waals surface area contributed by atoms with Gasteiger partial charge in [-0.3, -0.25) is 4.79 Å². The average Bonchev–Trinajstić information content (AvgIpc) is 3.11. The van der Waals surface area contributed by atoms with Gasteiger partial charge in [-0.1, -0.05) is 23.2 Å². The Labute approximate surface area is 162 Å². The molecule has 26 heavy (non-hydrogen) atoms. The Bertz CT molecular complexity index is 822. The Hall–Kier alpha value is -1.60. The van der Waals surface area contributed by atoms with E-state index in [-0.39, 0.29) is 18.2 Å². The zero-order valence-corrected chi connectivity index (χ0v) is 16.2. The maximum absolute atomic E-state index is 12.3. The van der Waals surface area contributed by atoms with Crippen molar-refractivity contribution in [2.75, 3.05) is 19.6 Å². The van der Waals surface area contributed by atoms with Gasteiger partial charge in [0.05, 0.1) is 28.9 Å². The number of nitrogens with one attached hydrogen (secondary N) is 2. The number of amides is 1. The zero-order chi connectivity index (χ0) is 18.8. The summed E-state index contributed by atoms with van der Waals surface area (Å²) < 4.78 is 1.74. The van der Waals surface area contributed by atoms with Gasteiger partial charge < -0.3 is 15.7 Å². The minimum atomic E-state index is -0.409. The normalized spacial score (nSPS) is 19.7. The van der Waals surface area contributed by atoms with Crippen molar-refractivity contribution in [3.8, 4) is 5.69 Å². The van der Waals surface area contributed by atoms with E-state index in [9.17, 15) is 9.90 Å². The highest BCUT2D eigenvalue weighted by molar-refractivity contribution is 6.35. The Morgan fingerprint density at radius 3 is 2.81 bits per heavy atom. The summed E-state index contributed by atoms with van der Waals surface area (Å²) in [6, 6.07) is 5.23. The van der Waals surface area contributed by atoms with E-state index >= 15 is 0 Å². The molecule has 1 aromatic heterocycles. The van der Waals surface area contributed by atoms with E-state index in [1.54, 1.807) is 16.8 Å². The monoisotopic (exact) mass is 396 g/mol. The number of aromatic nitrogens is 2. The highest BCUT2D eigenvalue weighted by Gasteiger charge is 2.25. The topological polar surface area (TPSA) is 79.2 Å². The molecular weight excluding hydrogens is 375 g/mol. The zero-order valence-electron chi connectivity index (χ0n) is 14.7. The van der Waals surface area contributed by atoms with Gasteiger partial charge >= 0.3 is 0 Å². The summed E-state index contributed by atoms with van der Waals surface area (Å²) in [7, 11) is 0. The highest BCUT2D eigenvalue weighted by atomic mass is 35.5. The van der Waals surface area contributed by atoms with E-state index < -0.39 is 6.10 Å². The number of rotatable bonds is 5. The number of halogens is 2. The number of aliphatic hydroxyl groups excluding tert-OH is 1. The lowest BCUT2D eigenvalue weighted by atomic mass is 10.1. The third-order valence-corrected chi connectivity index (χ3v) is 5.32. The second-order valence-electron chi connectivity index (χ2n) is 6.62. The van der Waals surface area contributed by atoms with Crippen molar-refractivity contribution in [3.63, 3.8) is 0 Å². The fourth-order valence-corrected chi connectivity index (χ4v) is 3.70. The van der Waals surface area contributed by atoms with Crippen LogP contribution in [0.15, 0.2) is 18.2 Å². The molecule has 8 heteroatoms. The molecule has 3 rings (SSSR count). The predicted molar refractivity (Wildman–Crippen MR) is 102 cm³/mol. The van der Waals surface area contributed by atoms with Crippen LogP contribution < -0.4 is 10.6 Å². The van der Waals surface area contributed by atoms with E-state index in [2.05, 4.69) is 15.7 Å². The first-order valence-corrected chi connectivity index (χ1v) is 9.28. The van der Waals surface area contributed by atoms with Crippen molar-refractivity contribution in [1.29, 1.82) is 0 Å². The number of benzene rings is 1. The number of nitrogens with zero attached hydrogens (tertiary/aromatic N) is 2. The third kappa shape index (κ3) is 4.04. The lowest BCUT2D eigenvalue weighted by Gasteiger charge is -2.14. The molecule has 1 aromatic carbocycles. The Morgan fingerprint density at radius 1 is 1.38 bits per heavy atom. The molecule has 2 atom stereocenters. The maximum Gasteiger partial charge on any atom is 0.224 e. The van der Waals surface area contributed by atoms with E-state index in [1.165, 1.54) is 0 Å². The molecule has 2 aromatic rings. The van der Waals surface area contributed by atoms with Crippen LogP contribution in [0.1, 0.15) is 17.0 Å². The van der Waals surface area contributed by atoms with Crippen LogP contribution >= 0.6 is 23.2 Å². The van der Waals surface area contributed by atoms with Crippen LogP contribution in [0.3, 0.4) is 0 Å². The Balaban J connectivity index is 1.72. The molecule has 6 nitrogen and oxygen atoms in total. The number of carbonyl (C=O) groups is 1. The second-order valence-corrected chi connectivity index (χ2v) is 7.47. The van der Waals surface area contributed by atoms with Crippen LogP contribution in [0.25, 0.3) is 5.69 Å². The summed E-state index contributed by atoms with van der Waals surface area (Å²) in [5.41, 5.74) is 3.25. The van der Waals surface area contributed by atoms with E-state index in [4.69, 9.17) is 23.2 Å². The molecule has 0 spiro atoms. The van der Waals surface area contributed by atoms with Crippen LogP contribution in [0.5, 0.6) is 0 Å². The van der Waals surface area contributed by atoms with Gasteiger partial charge in [-0.25, -0.2) is 4.68 Å². The fraction of sp³-hybridized carbons (Fsp3) is 0.444. The van der Waals surface area contributed by atoms with E-state index in [0.717, 1.165) is 22.6 Å². The first kappa shape index (κ1) is 19.2. The van der Waals surface area contributed by atoms with Crippen molar-refractivity contribution in [1.82, 2.24) is 20.4 Å². The number of hydrogen-bond donors (Lipinski definition) is 3. The molecule has 2 heterocycles. The lowest BCUT2D eigenvalue weighted by Crippen LogP contribution is -2.35. The van der Waals surface area contributed by atoms with Crippen LogP contribution in [-0.4, -0.2) is 46.5 Å². The van der Waals surface area contributed by atoms with Crippen molar-refractivity contribution in [3.05, 3.63) is 45.2 Å². The van der Waals surface area contributed by atoms with Gasteiger partial charge in [0, 0.05) is 41.8 Å². The number of hydrogen-bond acceptors (Lipinski definition) is 4. The molecular formula is C18H22Cl2N4O2. The summed E-state index contributed by atoms with van der Waals surface area (Å²) in [6.07, 6.45) is -0.173. The van der Waals surface area contributed by atoms with Crippen LogP contribution in [0.4, 0.5) is 0 Å². The molecule has 140 valence electrons. The molecule has 0 saturated carbocycles. The van der Waals surface area contributed by atoms with Crippen LogP contribution in [0.2, 0.25) is 10.0 Å². The number of carbonyl (C=O) groups excluding carboxylic acids is 1. The fourth-order valence-electron chi connectivity index (χ4n) is 3.21. The molecule has 2 unspecified atom stereocenters. The first-order chi connectivity index (χ1) is 12.4. The maximum atomic E-state index is 12.3. The van der Waals surface area contributed by atoms with Gasteiger partial charge in [-0.05, 0) is 32.0 Å². The molecule has 1 aliphatic heterocycles. The molecule has 3 N–H and O–H groups in total. The van der Waals surface area contributed by atoms with Crippen molar-refractivity contribution in [2.45, 2.75) is 26.4 Å². The Kier molecular flexibility index (Phi) is 5.87. The molecule has 0 aliphatic carbocycles. The molecule has 1 aliphatic rings.